The average molecular weight is 333 g/mol. The molecule has 0 unspecified atom stereocenters. The van der Waals surface area contributed by atoms with Crippen LogP contribution in [0.25, 0.3) is 10.9 Å². The van der Waals surface area contributed by atoms with Gasteiger partial charge in [0.05, 0.1) is 23.8 Å². The molecule has 0 aliphatic heterocycles. The van der Waals surface area contributed by atoms with Crippen LogP contribution in [0.2, 0.25) is 10.0 Å². The molecule has 1 aromatic heterocycles. The molecule has 0 fully saturated rings. The van der Waals surface area contributed by atoms with E-state index in [1.54, 1.807) is 42.5 Å². The molecule has 0 amide bonds. The maximum atomic E-state index is 12.4. The summed E-state index contributed by atoms with van der Waals surface area (Å²) in [4.78, 5) is 28.8. The average Bonchev–Trinajstić information content (AvgIpc) is 2.51. The quantitative estimate of drug-likeness (QED) is 0.689. The van der Waals surface area contributed by atoms with Gasteiger partial charge in [-0.15, -0.1) is 0 Å². The van der Waals surface area contributed by atoms with Gasteiger partial charge in [0.15, 0.2) is 5.78 Å². The van der Waals surface area contributed by atoms with Crippen molar-refractivity contribution in [1.82, 2.24) is 9.55 Å². The molecule has 6 heteroatoms. The summed E-state index contributed by atoms with van der Waals surface area (Å²) in [5.41, 5.74) is 0.738. The summed E-state index contributed by atoms with van der Waals surface area (Å²) in [5, 5.41) is 1.39. The first kappa shape index (κ1) is 14.8. The van der Waals surface area contributed by atoms with Gasteiger partial charge in [0.1, 0.15) is 0 Å². The van der Waals surface area contributed by atoms with Crippen LogP contribution in [0.1, 0.15) is 10.4 Å². The first-order valence-electron chi connectivity index (χ1n) is 6.48. The van der Waals surface area contributed by atoms with Crippen molar-refractivity contribution >= 4 is 39.9 Å². The monoisotopic (exact) mass is 332 g/mol. The minimum atomic E-state index is -0.296. The molecule has 0 aliphatic rings. The molecule has 110 valence electrons. The van der Waals surface area contributed by atoms with Crippen LogP contribution in [-0.4, -0.2) is 15.3 Å². The lowest BCUT2D eigenvalue weighted by Crippen LogP contribution is -2.24. The van der Waals surface area contributed by atoms with Gasteiger partial charge >= 0.3 is 0 Å². The van der Waals surface area contributed by atoms with Crippen LogP contribution in [0.5, 0.6) is 0 Å². The van der Waals surface area contributed by atoms with Gasteiger partial charge in [-0.3, -0.25) is 14.2 Å². The summed E-state index contributed by atoms with van der Waals surface area (Å²) in [6, 6.07) is 11.4. The number of hydrogen-bond donors (Lipinski definition) is 0. The summed E-state index contributed by atoms with van der Waals surface area (Å²) >= 11 is 11.7. The topological polar surface area (TPSA) is 52.0 Å². The Bertz CT molecular complexity index is 918. The number of rotatable bonds is 3. The highest BCUT2D eigenvalue weighted by Crippen LogP contribution is 2.14. The lowest BCUT2D eigenvalue weighted by Gasteiger charge is -2.06. The molecule has 0 atom stereocenters. The summed E-state index contributed by atoms with van der Waals surface area (Å²) in [5.74, 6) is -0.193. The second kappa shape index (κ2) is 5.91. The molecule has 22 heavy (non-hydrogen) atoms. The molecule has 0 spiro atoms. The van der Waals surface area contributed by atoms with Crippen LogP contribution in [-0.2, 0) is 6.54 Å². The van der Waals surface area contributed by atoms with Gasteiger partial charge in [-0.2, -0.15) is 0 Å². The summed E-state index contributed by atoms with van der Waals surface area (Å²) in [7, 11) is 0. The highest BCUT2D eigenvalue weighted by molar-refractivity contribution is 6.31. The van der Waals surface area contributed by atoms with E-state index < -0.39 is 0 Å². The van der Waals surface area contributed by atoms with Crippen molar-refractivity contribution in [2.45, 2.75) is 6.54 Å². The van der Waals surface area contributed by atoms with Crippen LogP contribution in [0, 0.1) is 0 Å². The van der Waals surface area contributed by atoms with Gasteiger partial charge in [0.2, 0.25) is 0 Å². The fourth-order valence-corrected chi connectivity index (χ4v) is 2.42. The van der Waals surface area contributed by atoms with E-state index in [2.05, 4.69) is 4.98 Å². The number of hydrogen-bond acceptors (Lipinski definition) is 3. The maximum absolute atomic E-state index is 12.4. The Kier molecular flexibility index (Phi) is 3.96. The zero-order valence-corrected chi connectivity index (χ0v) is 12.8. The molecule has 1 heterocycles. The number of fused-ring (bicyclic) bond motifs is 1. The molecular weight excluding hydrogens is 323 g/mol. The molecule has 0 aliphatic carbocycles. The predicted octanol–water partition coefficient (Wildman–Crippen LogP) is 3.59. The Labute approximate surface area is 135 Å². The number of carbonyl (C=O) groups excluding carboxylic acids is 1. The lowest BCUT2D eigenvalue weighted by molar-refractivity contribution is 0.0970. The first-order valence-corrected chi connectivity index (χ1v) is 7.23. The normalized spacial score (nSPS) is 10.8. The Morgan fingerprint density at radius 1 is 1.05 bits per heavy atom. The van der Waals surface area contributed by atoms with Crippen molar-refractivity contribution < 1.29 is 4.79 Å². The zero-order valence-electron chi connectivity index (χ0n) is 11.3. The SMILES string of the molecule is O=C(Cn1cnc2ccc(Cl)cc2c1=O)c1ccc(Cl)cc1. The molecule has 0 N–H and O–H groups in total. The fraction of sp³-hybridized carbons (Fsp3) is 0.0625. The van der Waals surface area contributed by atoms with Crippen LogP contribution >= 0.6 is 23.2 Å². The van der Waals surface area contributed by atoms with Gasteiger partial charge in [0, 0.05) is 15.6 Å². The molecule has 0 bridgehead atoms. The fourth-order valence-electron chi connectivity index (χ4n) is 2.13. The molecule has 3 rings (SSSR count). The van der Waals surface area contributed by atoms with Crippen molar-refractivity contribution in [2.24, 2.45) is 0 Å². The Hall–Kier alpha value is -2.17. The standard InChI is InChI=1S/C16H10Cl2N2O2/c17-11-3-1-10(2-4-11)15(21)8-20-9-19-14-6-5-12(18)7-13(14)16(20)22/h1-7,9H,8H2. The molecule has 4 nitrogen and oxygen atoms in total. The summed E-state index contributed by atoms with van der Waals surface area (Å²) < 4.78 is 1.27. The highest BCUT2D eigenvalue weighted by Gasteiger charge is 2.10. The van der Waals surface area contributed by atoms with E-state index in [1.807, 2.05) is 0 Å². The number of ketones is 1. The van der Waals surface area contributed by atoms with Gasteiger partial charge < -0.3 is 0 Å². The summed E-state index contributed by atoms with van der Waals surface area (Å²) in [6.45, 7) is -0.0874. The second-order valence-electron chi connectivity index (χ2n) is 4.77. The molecule has 2 aromatic carbocycles. The van der Waals surface area contributed by atoms with E-state index in [0.29, 0.717) is 26.5 Å². The Morgan fingerprint density at radius 2 is 1.73 bits per heavy atom. The highest BCUT2D eigenvalue weighted by atomic mass is 35.5. The minimum Gasteiger partial charge on any atom is -0.292 e. The number of nitrogens with zero attached hydrogens (tertiary/aromatic N) is 2. The smallest absolute Gasteiger partial charge is 0.261 e. The van der Waals surface area contributed by atoms with E-state index in [9.17, 15) is 9.59 Å². The van der Waals surface area contributed by atoms with E-state index in [4.69, 9.17) is 23.2 Å². The van der Waals surface area contributed by atoms with Crippen LogP contribution in [0.15, 0.2) is 53.6 Å². The number of halogens is 2. The first-order chi connectivity index (χ1) is 10.5. The van der Waals surface area contributed by atoms with Gasteiger partial charge in [-0.1, -0.05) is 23.2 Å². The molecule has 0 radical (unpaired) electrons. The Balaban J connectivity index is 1.97. The number of Topliss-reactive ketones (excluding diaryl/α,β-unsaturated/α-hetero) is 1. The van der Waals surface area contributed by atoms with E-state index in [1.165, 1.54) is 10.9 Å². The van der Waals surface area contributed by atoms with Gasteiger partial charge in [-0.05, 0) is 42.5 Å². The predicted molar refractivity (Wildman–Crippen MR) is 86.8 cm³/mol. The van der Waals surface area contributed by atoms with Gasteiger partial charge in [0.25, 0.3) is 5.56 Å². The van der Waals surface area contributed by atoms with Crippen LogP contribution < -0.4 is 5.56 Å². The van der Waals surface area contributed by atoms with E-state index in [-0.39, 0.29) is 17.9 Å². The third kappa shape index (κ3) is 2.89. The molecule has 3 aromatic rings. The van der Waals surface area contributed by atoms with Crippen LogP contribution in [0.4, 0.5) is 0 Å². The zero-order chi connectivity index (χ0) is 15.7. The van der Waals surface area contributed by atoms with Crippen molar-refractivity contribution in [3.05, 3.63) is 74.8 Å². The van der Waals surface area contributed by atoms with Crippen molar-refractivity contribution in [3.8, 4) is 0 Å². The number of carbonyl (C=O) groups is 1. The molecule has 0 saturated heterocycles. The van der Waals surface area contributed by atoms with E-state index in [0.717, 1.165) is 0 Å². The third-order valence-corrected chi connectivity index (χ3v) is 3.75. The largest absolute Gasteiger partial charge is 0.292 e. The van der Waals surface area contributed by atoms with Crippen LogP contribution in [0.3, 0.4) is 0 Å². The Morgan fingerprint density at radius 3 is 2.45 bits per heavy atom. The molecular formula is C16H10Cl2N2O2. The molecule has 0 saturated carbocycles. The second-order valence-corrected chi connectivity index (χ2v) is 5.64. The van der Waals surface area contributed by atoms with Gasteiger partial charge in [-0.25, -0.2) is 4.98 Å². The van der Waals surface area contributed by atoms with Crippen molar-refractivity contribution in [1.29, 1.82) is 0 Å². The lowest BCUT2D eigenvalue weighted by atomic mass is 10.1. The van der Waals surface area contributed by atoms with E-state index >= 15 is 0 Å². The maximum Gasteiger partial charge on any atom is 0.261 e. The minimum absolute atomic E-state index is 0.0874. The van der Waals surface area contributed by atoms with Crippen molar-refractivity contribution in [3.63, 3.8) is 0 Å². The summed E-state index contributed by atoms with van der Waals surface area (Å²) in [6.07, 6.45) is 1.37. The third-order valence-electron chi connectivity index (χ3n) is 3.27. The number of benzene rings is 2. The van der Waals surface area contributed by atoms with Crippen molar-refractivity contribution in [2.75, 3.05) is 0 Å². The number of aromatic nitrogens is 2.